The molecule has 0 radical (unpaired) electrons. The van der Waals surface area contributed by atoms with Crippen LogP contribution in [0.2, 0.25) is 0 Å². The molecule has 0 aliphatic carbocycles. The fourth-order valence-corrected chi connectivity index (χ4v) is 4.74. The third-order valence-electron chi connectivity index (χ3n) is 5.05. The summed E-state index contributed by atoms with van der Waals surface area (Å²) in [4.78, 5) is 16.0. The Bertz CT molecular complexity index is 873. The average Bonchev–Trinajstić information content (AvgIpc) is 2.67. The van der Waals surface area contributed by atoms with Gasteiger partial charge in [-0.05, 0) is 19.1 Å². The van der Waals surface area contributed by atoms with Gasteiger partial charge in [0.05, 0.1) is 36.8 Å². The summed E-state index contributed by atoms with van der Waals surface area (Å²) in [6.07, 6.45) is 0.0461. The van der Waals surface area contributed by atoms with Gasteiger partial charge in [-0.1, -0.05) is 48.0 Å². The van der Waals surface area contributed by atoms with Crippen LogP contribution in [0.15, 0.2) is 59.5 Å². The second kappa shape index (κ2) is 8.67. The first kappa shape index (κ1) is 19.6. The van der Waals surface area contributed by atoms with Crippen LogP contribution in [0.4, 0.5) is 0 Å². The Morgan fingerprint density at radius 3 is 2.41 bits per heavy atom. The van der Waals surface area contributed by atoms with Crippen LogP contribution >= 0.6 is 0 Å². The lowest BCUT2D eigenvalue weighted by Crippen LogP contribution is -3.13. The number of amides is 1. The Balaban J connectivity index is 1.47. The third-order valence-corrected chi connectivity index (χ3v) is 6.78. The van der Waals surface area contributed by atoms with Crippen LogP contribution < -0.4 is 4.90 Å². The highest BCUT2D eigenvalue weighted by Crippen LogP contribution is 2.12. The van der Waals surface area contributed by atoms with Crippen LogP contribution in [0.25, 0.3) is 0 Å². The summed E-state index contributed by atoms with van der Waals surface area (Å²) in [5.74, 6) is -0.198. The number of aryl methyl sites for hydroxylation is 1. The Hall–Kier alpha value is -2.18. The van der Waals surface area contributed by atoms with E-state index in [1.165, 1.54) is 16.0 Å². The van der Waals surface area contributed by atoms with E-state index < -0.39 is 9.84 Å². The van der Waals surface area contributed by atoms with Gasteiger partial charge in [-0.3, -0.25) is 4.79 Å². The maximum absolute atomic E-state index is 12.4. The Morgan fingerprint density at radius 2 is 1.74 bits per heavy atom. The fourth-order valence-electron chi connectivity index (χ4n) is 3.49. The van der Waals surface area contributed by atoms with Crippen molar-refractivity contribution in [1.29, 1.82) is 0 Å². The minimum absolute atomic E-state index is 0.0461. The highest BCUT2D eigenvalue weighted by atomic mass is 32.2. The number of rotatable bonds is 6. The summed E-state index contributed by atoms with van der Waals surface area (Å²) in [5, 5.41) is 0. The largest absolute Gasteiger partial charge is 0.331 e. The molecule has 1 N–H and O–H groups in total. The van der Waals surface area contributed by atoms with Crippen molar-refractivity contribution in [3.05, 3.63) is 65.7 Å². The molecule has 0 bridgehead atoms. The van der Waals surface area contributed by atoms with Crippen molar-refractivity contribution >= 4 is 15.7 Å². The van der Waals surface area contributed by atoms with E-state index in [2.05, 4.69) is 31.2 Å². The van der Waals surface area contributed by atoms with Gasteiger partial charge < -0.3 is 9.80 Å². The summed E-state index contributed by atoms with van der Waals surface area (Å²) in [5.41, 5.74) is 2.58. The number of hydrogen-bond donors (Lipinski definition) is 1. The average molecular weight is 388 g/mol. The quantitative estimate of drug-likeness (QED) is 0.807. The lowest BCUT2D eigenvalue weighted by Gasteiger charge is -2.32. The van der Waals surface area contributed by atoms with Crippen LogP contribution in [0.3, 0.4) is 0 Å². The van der Waals surface area contributed by atoms with E-state index >= 15 is 0 Å². The van der Waals surface area contributed by atoms with E-state index in [1.54, 1.807) is 35.2 Å². The fraction of sp³-hybridized carbons (Fsp3) is 0.381. The van der Waals surface area contributed by atoms with E-state index in [9.17, 15) is 13.2 Å². The molecule has 1 heterocycles. The molecule has 5 nitrogen and oxygen atoms in total. The number of piperazine rings is 1. The molecule has 144 valence electrons. The number of nitrogens with zero attached hydrogens (tertiary/aromatic N) is 1. The van der Waals surface area contributed by atoms with Gasteiger partial charge in [0, 0.05) is 12.0 Å². The molecule has 0 spiro atoms. The molecular weight excluding hydrogens is 360 g/mol. The van der Waals surface area contributed by atoms with Gasteiger partial charge in [0.15, 0.2) is 9.84 Å². The summed E-state index contributed by atoms with van der Waals surface area (Å²) in [6.45, 7) is 6.22. The molecule has 0 unspecified atom stereocenters. The van der Waals surface area contributed by atoms with Gasteiger partial charge in [-0.2, -0.15) is 0 Å². The lowest BCUT2D eigenvalue weighted by atomic mass is 10.1. The van der Waals surface area contributed by atoms with Crippen molar-refractivity contribution in [2.45, 2.75) is 24.8 Å². The number of carbonyl (C=O) groups excluding carboxylic acids is 1. The van der Waals surface area contributed by atoms with Crippen molar-refractivity contribution in [3.63, 3.8) is 0 Å². The van der Waals surface area contributed by atoms with Crippen molar-refractivity contribution in [2.24, 2.45) is 0 Å². The number of benzene rings is 2. The van der Waals surface area contributed by atoms with Crippen LogP contribution in [0.1, 0.15) is 17.5 Å². The molecule has 3 rings (SSSR count). The molecular formula is C21H27N2O3S+. The van der Waals surface area contributed by atoms with Crippen molar-refractivity contribution in [1.82, 2.24) is 4.90 Å². The standard InChI is InChI=1S/C21H26N2O3S/c1-18-6-5-7-19(16-18)17-22-11-13-23(14-12-22)21(24)10-15-27(25,26)20-8-3-2-4-9-20/h2-9,16H,10-15,17H2,1H3/p+1. The minimum atomic E-state index is -3.40. The third kappa shape index (κ3) is 5.40. The molecule has 6 heteroatoms. The van der Waals surface area contributed by atoms with Gasteiger partial charge >= 0.3 is 0 Å². The molecule has 2 aromatic rings. The van der Waals surface area contributed by atoms with E-state index in [4.69, 9.17) is 0 Å². The number of sulfone groups is 1. The maximum Gasteiger partial charge on any atom is 0.224 e. The predicted molar refractivity (Wildman–Crippen MR) is 105 cm³/mol. The second-order valence-corrected chi connectivity index (χ2v) is 9.29. The van der Waals surface area contributed by atoms with Gasteiger partial charge in [-0.15, -0.1) is 0 Å². The Morgan fingerprint density at radius 1 is 1.04 bits per heavy atom. The van der Waals surface area contributed by atoms with Gasteiger partial charge in [0.2, 0.25) is 5.91 Å². The summed E-state index contributed by atoms with van der Waals surface area (Å²) >= 11 is 0. The number of carbonyl (C=O) groups is 1. The zero-order valence-corrected chi connectivity index (χ0v) is 16.5. The maximum atomic E-state index is 12.4. The van der Waals surface area contributed by atoms with Crippen molar-refractivity contribution in [2.75, 3.05) is 31.9 Å². The first-order valence-electron chi connectivity index (χ1n) is 9.39. The number of nitrogens with one attached hydrogen (secondary N) is 1. The van der Waals surface area contributed by atoms with Crippen molar-refractivity contribution in [3.8, 4) is 0 Å². The second-order valence-electron chi connectivity index (χ2n) is 7.18. The van der Waals surface area contributed by atoms with Gasteiger partial charge in [-0.25, -0.2) is 8.42 Å². The topological polar surface area (TPSA) is 58.9 Å². The highest BCUT2D eigenvalue weighted by molar-refractivity contribution is 7.91. The zero-order chi connectivity index (χ0) is 19.3. The Labute approximate surface area is 161 Å². The SMILES string of the molecule is Cc1cccc(C[NH+]2CCN(C(=O)CCS(=O)(=O)c3ccccc3)CC2)c1. The molecule has 0 saturated carbocycles. The van der Waals surface area contributed by atoms with Crippen LogP contribution in [0.5, 0.6) is 0 Å². The molecule has 1 aliphatic rings. The summed E-state index contributed by atoms with van der Waals surface area (Å²) in [6, 6.07) is 16.9. The molecule has 1 saturated heterocycles. The normalized spacial score (nSPS) is 15.7. The first-order valence-corrected chi connectivity index (χ1v) is 11.0. The van der Waals surface area contributed by atoms with Crippen LogP contribution in [-0.2, 0) is 21.2 Å². The molecule has 1 amide bonds. The lowest BCUT2D eigenvalue weighted by molar-refractivity contribution is -0.917. The van der Waals surface area contributed by atoms with E-state index in [0.29, 0.717) is 13.1 Å². The zero-order valence-electron chi connectivity index (χ0n) is 15.7. The highest BCUT2D eigenvalue weighted by Gasteiger charge is 2.25. The number of quaternary nitrogens is 1. The minimum Gasteiger partial charge on any atom is -0.331 e. The summed E-state index contributed by atoms with van der Waals surface area (Å²) < 4.78 is 24.7. The van der Waals surface area contributed by atoms with E-state index in [-0.39, 0.29) is 23.0 Å². The molecule has 27 heavy (non-hydrogen) atoms. The molecule has 0 aromatic heterocycles. The van der Waals surface area contributed by atoms with Gasteiger partial charge in [0.1, 0.15) is 6.54 Å². The summed E-state index contributed by atoms with van der Waals surface area (Å²) in [7, 11) is -3.40. The Kier molecular flexibility index (Phi) is 6.29. The monoisotopic (exact) mass is 387 g/mol. The van der Waals surface area contributed by atoms with E-state index in [0.717, 1.165) is 19.6 Å². The molecule has 0 atom stereocenters. The van der Waals surface area contributed by atoms with Crippen molar-refractivity contribution < 1.29 is 18.1 Å². The first-order chi connectivity index (χ1) is 12.9. The number of hydrogen-bond acceptors (Lipinski definition) is 3. The smallest absolute Gasteiger partial charge is 0.224 e. The van der Waals surface area contributed by atoms with Crippen LogP contribution in [-0.4, -0.2) is 51.2 Å². The molecule has 2 aromatic carbocycles. The van der Waals surface area contributed by atoms with Crippen LogP contribution in [0, 0.1) is 6.92 Å². The molecule has 1 fully saturated rings. The van der Waals surface area contributed by atoms with Gasteiger partial charge in [0.25, 0.3) is 0 Å². The predicted octanol–water partition coefficient (Wildman–Crippen LogP) is 1.09. The van der Waals surface area contributed by atoms with E-state index in [1.807, 2.05) is 0 Å². The molecule has 1 aliphatic heterocycles.